The van der Waals surface area contributed by atoms with Gasteiger partial charge in [-0.15, -0.1) is 0 Å². The summed E-state index contributed by atoms with van der Waals surface area (Å²) in [5.41, 5.74) is 2.53. The lowest BCUT2D eigenvalue weighted by atomic mass is 10.1. The lowest BCUT2D eigenvalue weighted by Gasteiger charge is -2.20. The van der Waals surface area contributed by atoms with Gasteiger partial charge < -0.3 is 9.64 Å². The molecule has 1 aliphatic heterocycles. The van der Waals surface area contributed by atoms with Crippen LogP contribution < -0.4 is 14.4 Å². The van der Waals surface area contributed by atoms with Gasteiger partial charge in [0, 0.05) is 12.2 Å². The molecule has 4 rings (SSSR count). The van der Waals surface area contributed by atoms with Crippen molar-refractivity contribution < 1.29 is 17.9 Å². The van der Waals surface area contributed by atoms with Gasteiger partial charge in [-0.1, -0.05) is 30.3 Å². The van der Waals surface area contributed by atoms with Gasteiger partial charge in [-0.3, -0.25) is 9.52 Å². The molecule has 7 heteroatoms. The molecule has 0 aliphatic carbocycles. The molecular formula is C22H20N2O4S. The van der Waals surface area contributed by atoms with E-state index in [9.17, 15) is 13.2 Å². The van der Waals surface area contributed by atoms with Gasteiger partial charge in [0.1, 0.15) is 5.75 Å². The molecule has 0 spiro atoms. The topological polar surface area (TPSA) is 75.7 Å². The Balaban J connectivity index is 1.64. The van der Waals surface area contributed by atoms with Crippen molar-refractivity contribution in [3.05, 3.63) is 83.9 Å². The number of nitrogens with one attached hydrogen (secondary N) is 1. The monoisotopic (exact) mass is 408 g/mol. The van der Waals surface area contributed by atoms with Crippen LogP contribution in [-0.4, -0.2) is 28.0 Å². The molecule has 0 saturated carbocycles. The summed E-state index contributed by atoms with van der Waals surface area (Å²) in [5.74, 6) is 0.329. The van der Waals surface area contributed by atoms with Crippen molar-refractivity contribution in [2.75, 3.05) is 23.3 Å². The Bertz CT molecular complexity index is 1160. The van der Waals surface area contributed by atoms with Crippen molar-refractivity contribution in [3.63, 3.8) is 0 Å². The van der Waals surface area contributed by atoms with Crippen molar-refractivity contribution in [3.8, 4) is 5.75 Å². The van der Waals surface area contributed by atoms with E-state index in [1.165, 1.54) is 19.2 Å². The molecule has 1 aliphatic rings. The minimum atomic E-state index is -3.85. The number of carbonyl (C=O) groups is 1. The number of benzene rings is 3. The molecule has 0 atom stereocenters. The summed E-state index contributed by atoms with van der Waals surface area (Å²) in [7, 11) is -2.34. The first-order chi connectivity index (χ1) is 14.0. The molecule has 0 saturated heterocycles. The lowest BCUT2D eigenvalue weighted by molar-refractivity contribution is 0.0990. The average molecular weight is 408 g/mol. The van der Waals surface area contributed by atoms with E-state index in [-0.39, 0.29) is 16.5 Å². The summed E-state index contributed by atoms with van der Waals surface area (Å²) in [6, 6.07) is 20.5. The molecule has 0 unspecified atom stereocenters. The maximum atomic E-state index is 13.2. The number of ether oxygens (including phenoxy) is 1. The van der Waals surface area contributed by atoms with Crippen LogP contribution in [0.4, 0.5) is 11.4 Å². The largest absolute Gasteiger partial charge is 0.497 e. The number of nitrogens with zero attached hydrogens (tertiary/aromatic N) is 1. The number of rotatable bonds is 5. The number of para-hydroxylation sites is 2. The smallest absolute Gasteiger partial charge is 0.261 e. The molecule has 0 bridgehead atoms. The van der Waals surface area contributed by atoms with Gasteiger partial charge in [-0.25, -0.2) is 8.42 Å². The minimum Gasteiger partial charge on any atom is -0.497 e. The third-order valence-electron chi connectivity index (χ3n) is 4.90. The van der Waals surface area contributed by atoms with Crippen LogP contribution in [0.3, 0.4) is 0 Å². The molecule has 148 valence electrons. The Labute approximate surface area is 169 Å². The Hall–Kier alpha value is -3.32. The lowest BCUT2D eigenvalue weighted by Crippen LogP contribution is -2.30. The third-order valence-corrected chi connectivity index (χ3v) is 6.29. The zero-order valence-electron chi connectivity index (χ0n) is 15.8. The second kappa shape index (κ2) is 7.60. The van der Waals surface area contributed by atoms with Gasteiger partial charge in [0.2, 0.25) is 0 Å². The summed E-state index contributed by atoms with van der Waals surface area (Å²) >= 11 is 0. The van der Waals surface area contributed by atoms with E-state index >= 15 is 0 Å². The van der Waals surface area contributed by atoms with Crippen LogP contribution in [0.25, 0.3) is 0 Å². The fourth-order valence-electron chi connectivity index (χ4n) is 3.41. The first kappa shape index (κ1) is 19.0. The SMILES string of the molecule is COc1ccc(S(=O)(=O)Nc2ccccc2C(=O)N2CCc3ccccc32)cc1. The number of amides is 1. The number of sulfonamides is 1. The molecular weight excluding hydrogens is 388 g/mol. The summed E-state index contributed by atoms with van der Waals surface area (Å²) in [6.45, 7) is 0.567. The fourth-order valence-corrected chi connectivity index (χ4v) is 4.49. The highest BCUT2D eigenvalue weighted by Crippen LogP contribution is 2.31. The van der Waals surface area contributed by atoms with Crippen LogP contribution >= 0.6 is 0 Å². The Morgan fingerprint density at radius 3 is 2.41 bits per heavy atom. The van der Waals surface area contributed by atoms with E-state index < -0.39 is 10.0 Å². The highest BCUT2D eigenvalue weighted by Gasteiger charge is 2.27. The Kier molecular flexibility index (Phi) is 4.98. The predicted octanol–water partition coefficient (Wildman–Crippen LogP) is 3.70. The zero-order chi connectivity index (χ0) is 20.4. The van der Waals surface area contributed by atoms with Crippen molar-refractivity contribution in [2.45, 2.75) is 11.3 Å². The molecule has 1 amide bonds. The van der Waals surface area contributed by atoms with Gasteiger partial charge >= 0.3 is 0 Å². The van der Waals surface area contributed by atoms with Crippen molar-refractivity contribution in [1.82, 2.24) is 0 Å². The van der Waals surface area contributed by atoms with E-state index in [1.807, 2.05) is 24.3 Å². The van der Waals surface area contributed by atoms with E-state index in [0.29, 0.717) is 17.9 Å². The maximum Gasteiger partial charge on any atom is 0.261 e. The van der Waals surface area contributed by atoms with Crippen LogP contribution in [-0.2, 0) is 16.4 Å². The quantitative estimate of drug-likeness (QED) is 0.699. The molecule has 6 nitrogen and oxygen atoms in total. The number of fused-ring (bicyclic) bond motifs is 1. The fraction of sp³-hybridized carbons (Fsp3) is 0.136. The molecule has 1 N–H and O–H groups in total. The van der Waals surface area contributed by atoms with Crippen LogP contribution in [0.2, 0.25) is 0 Å². The first-order valence-electron chi connectivity index (χ1n) is 9.15. The van der Waals surface area contributed by atoms with Crippen LogP contribution in [0.5, 0.6) is 5.75 Å². The van der Waals surface area contributed by atoms with E-state index in [0.717, 1.165) is 17.7 Å². The average Bonchev–Trinajstić information content (AvgIpc) is 3.17. The minimum absolute atomic E-state index is 0.0899. The molecule has 0 radical (unpaired) electrons. The van der Waals surface area contributed by atoms with Gasteiger partial charge in [0.15, 0.2) is 0 Å². The highest BCUT2D eigenvalue weighted by molar-refractivity contribution is 7.92. The van der Waals surface area contributed by atoms with Crippen molar-refractivity contribution in [2.24, 2.45) is 0 Å². The van der Waals surface area contributed by atoms with Crippen molar-refractivity contribution in [1.29, 1.82) is 0 Å². The number of hydrogen-bond acceptors (Lipinski definition) is 4. The Morgan fingerprint density at radius 2 is 1.66 bits per heavy atom. The molecule has 29 heavy (non-hydrogen) atoms. The second-order valence-electron chi connectivity index (χ2n) is 6.66. The standard InChI is InChI=1S/C22H20N2O4S/c1-28-17-10-12-18(13-11-17)29(26,27)23-20-8-4-3-7-19(20)22(25)24-15-14-16-6-2-5-9-21(16)24/h2-13,23H,14-15H2,1H3. The molecule has 0 fully saturated rings. The summed E-state index contributed by atoms with van der Waals surface area (Å²) in [6.07, 6.45) is 0.779. The highest BCUT2D eigenvalue weighted by atomic mass is 32.2. The molecule has 3 aromatic carbocycles. The van der Waals surface area contributed by atoms with Gasteiger partial charge in [0.25, 0.3) is 15.9 Å². The van der Waals surface area contributed by atoms with Crippen LogP contribution in [0, 0.1) is 0 Å². The van der Waals surface area contributed by atoms with Crippen LogP contribution in [0.15, 0.2) is 77.7 Å². The number of carbonyl (C=O) groups excluding carboxylic acids is 1. The second-order valence-corrected chi connectivity index (χ2v) is 8.34. The maximum absolute atomic E-state index is 13.2. The molecule has 3 aromatic rings. The van der Waals surface area contributed by atoms with Crippen LogP contribution in [0.1, 0.15) is 15.9 Å². The molecule has 0 aromatic heterocycles. The third kappa shape index (κ3) is 3.69. The van der Waals surface area contributed by atoms with E-state index in [4.69, 9.17) is 4.74 Å². The summed E-state index contributed by atoms with van der Waals surface area (Å²) in [4.78, 5) is 15.0. The van der Waals surface area contributed by atoms with Gasteiger partial charge in [-0.2, -0.15) is 0 Å². The number of hydrogen-bond donors (Lipinski definition) is 1. The summed E-state index contributed by atoms with van der Waals surface area (Å²) in [5, 5.41) is 0. The van der Waals surface area contributed by atoms with Gasteiger partial charge in [-0.05, 0) is 54.4 Å². The number of anilines is 2. The van der Waals surface area contributed by atoms with Crippen molar-refractivity contribution >= 4 is 27.3 Å². The normalized spacial score (nSPS) is 13.1. The summed E-state index contributed by atoms with van der Waals surface area (Å²) < 4.78 is 33.3. The van der Waals surface area contributed by atoms with E-state index in [2.05, 4.69) is 4.72 Å². The Morgan fingerprint density at radius 1 is 0.966 bits per heavy atom. The first-order valence-corrected chi connectivity index (χ1v) is 10.6. The molecule has 1 heterocycles. The zero-order valence-corrected chi connectivity index (χ0v) is 16.6. The van der Waals surface area contributed by atoms with Gasteiger partial charge in [0.05, 0.1) is 23.3 Å². The van der Waals surface area contributed by atoms with E-state index in [1.54, 1.807) is 41.3 Å². The number of methoxy groups -OCH3 is 1. The predicted molar refractivity (Wildman–Crippen MR) is 112 cm³/mol.